The Labute approximate surface area is 91.8 Å². The number of rotatable bonds is 5. The fourth-order valence-electron chi connectivity index (χ4n) is 1.59. The lowest BCUT2D eigenvalue weighted by Gasteiger charge is -2.42. The van der Waals surface area contributed by atoms with Crippen LogP contribution in [0.1, 0.15) is 26.2 Å². The molecule has 0 amide bonds. The van der Waals surface area contributed by atoms with E-state index in [0.717, 1.165) is 0 Å². The van der Waals surface area contributed by atoms with Gasteiger partial charge in [-0.05, 0) is 25.7 Å². The smallest absolute Gasteiger partial charge is 0.306 e. The minimum absolute atomic E-state index is 0.197. The molecule has 0 spiro atoms. The maximum atomic E-state index is 11.1. The van der Waals surface area contributed by atoms with Crippen LogP contribution in [0.2, 0.25) is 0 Å². The Morgan fingerprint density at radius 2 is 2.07 bits per heavy atom. The van der Waals surface area contributed by atoms with Crippen LogP contribution in [0.4, 0.5) is 0 Å². The fourth-order valence-corrected chi connectivity index (χ4v) is 2.96. The van der Waals surface area contributed by atoms with Crippen LogP contribution >= 0.6 is 24.1 Å². The van der Waals surface area contributed by atoms with E-state index in [1.54, 1.807) is 6.92 Å². The number of carbonyl (C=O) groups excluding carboxylic acids is 1. The molecule has 1 aliphatic carbocycles. The first kappa shape index (κ1) is 12.2. The predicted octanol–water partition coefficient (Wildman–Crippen LogP) is 2.46. The minimum Gasteiger partial charge on any atom is -0.466 e. The molecule has 0 heterocycles. The number of esters is 1. The zero-order valence-corrected chi connectivity index (χ0v) is 9.57. The van der Waals surface area contributed by atoms with Crippen molar-refractivity contribution in [2.24, 2.45) is 5.92 Å². The molecule has 0 aromatic heterocycles. The normalized spacial score (nSPS) is 20.2. The highest BCUT2D eigenvalue weighted by molar-refractivity contribution is 8.13. The third kappa shape index (κ3) is 2.79. The van der Waals surface area contributed by atoms with Crippen LogP contribution < -0.4 is 0 Å². The first-order chi connectivity index (χ1) is 6.65. The van der Waals surface area contributed by atoms with Crippen LogP contribution in [0.15, 0.2) is 0 Å². The highest BCUT2D eigenvalue weighted by atomic mass is 32.2. The number of ether oxygens (including phenoxy) is 1. The highest BCUT2D eigenvalue weighted by Gasteiger charge is 2.46. The maximum Gasteiger partial charge on any atom is 0.306 e. The van der Waals surface area contributed by atoms with Crippen molar-refractivity contribution in [1.82, 2.24) is 0 Å². The van der Waals surface area contributed by atoms with Crippen molar-refractivity contribution in [3.8, 4) is 0 Å². The van der Waals surface area contributed by atoms with Crippen LogP contribution in [0, 0.1) is 5.92 Å². The molecule has 4 nitrogen and oxygen atoms in total. The van der Waals surface area contributed by atoms with E-state index in [9.17, 15) is 4.79 Å². The SMILES string of the molecule is CCOC(=O)CC1CC(SO)(SO)C1. The van der Waals surface area contributed by atoms with E-state index in [4.69, 9.17) is 13.8 Å². The lowest BCUT2D eigenvalue weighted by atomic mass is 9.81. The van der Waals surface area contributed by atoms with E-state index in [2.05, 4.69) is 0 Å². The molecule has 0 radical (unpaired) electrons. The van der Waals surface area contributed by atoms with Crippen molar-refractivity contribution in [2.75, 3.05) is 6.61 Å². The molecule has 2 N–H and O–H groups in total. The minimum atomic E-state index is -0.503. The van der Waals surface area contributed by atoms with Gasteiger partial charge in [-0.15, -0.1) is 0 Å². The van der Waals surface area contributed by atoms with Crippen molar-refractivity contribution >= 4 is 30.1 Å². The zero-order valence-electron chi connectivity index (χ0n) is 7.93. The summed E-state index contributed by atoms with van der Waals surface area (Å²) in [6.07, 6.45) is 1.68. The van der Waals surface area contributed by atoms with Crippen molar-refractivity contribution < 1.29 is 18.6 Å². The van der Waals surface area contributed by atoms with E-state index in [0.29, 0.717) is 50.0 Å². The predicted molar refractivity (Wildman–Crippen MR) is 57.1 cm³/mol. The van der Waals surface area contributed by atoms with Crippen molar-refractivity contribution in [3.63, 3.8) is 0 Å². The van der Waals surface area contributed by atoms with Gasteiger partial charge in [0, 0.05) is 30.5 Å². The van der Waals surface area contributed by atoms with Crippen LogP contribution in [0.5, 0.6) is 0 Å². The molecule has 82 valence electrons. The zero-order chi connectivity index (χ0) is 10.6. The molecule has 0 saturated heterocycles. The first-order valence-corrected chi connectivity index (χ1v) is 6.01. The molecular formula is C8H14O4S2. The quantitative estimate of drug-likeness (QED) is 0.436. The van der Waals surface area contributed by atoms with Crippen molar-refractivity contribution in [1.29, 1.82) is 0 Å². The molecule has 14 heavy (non-hydrogen) atoms. The van der Waals surface area contributed by atoms with Gasteiger partial charge in [0.1, 0.15) is 4.08 Å². The van der Waals surface area contributed by atoms with Gasteiger partial charge in [-0.3, -0.25) is 4.79 Å². The first-order valence-electron chi connectivity index (χ1n) is 4.46. The average Bonchev–Trinajstić information content (AvgIpc) is 2.11. The van der Waals surface area contributed by atoms with Gasteiger partial charge >= 0.3 is 5.97 Å². The average molecular weight is 238 g/mol. The number of hydrogen-bond donors (Lipinski definition) is 2. The second-order valence-electron chi connectivity index (χ2n) is 3.38. The summed E-state index contributed by atoms with van der Waals surface area (Å²) in [5.74, 6) is 0.0327. The summed E-state index contributed by atoms with van der Waals surface area (Å²) in [4.78, 5) is 11.1. The van der Waals surface area contributed by atoms with Crippen LogP contribution in [0.3, 0.4) is 0 Å². The molecule has 1 saturated carbocycles. The van der Waals surface area contributed by atoms with Gasteiger partial charge in [-0.1, -0.05) is 0 Å². The van der Waals surface area contributed by atoms with Crippen molar-refractivity contribution in [2.45, 2.75) is 30.3 Å². The summed E-state index contributed by atoms with van der Waals surface area (Å²) in [6, 6.07) is 0. The Balaban J connectivity index is 2.24. The standard InChI is InChI=1S/C8H14O4S2/c1-2-12-7(9)3-6-4-8(5-6,13-10)14-11/h6,10-11H,2-5H2,1H3. The van der Waals surface area contributed by atoms with Crippen molar-refractivity contribution in [3.05, 3.63) is 0 Å². The van der Waals surface area contributed by atoms with Gasteiger partial charge in [0.15, 0.2) is 0 Å². The monoisotopic (exact) mass is 238 g/mol. The molecule has 1 rings (SSSR count). The largest absolute Gasteiger partial charge is 0.466 e. The van der Waals surface area contributed by atoms with Crippen LogP contribution in [-0.4, -0.2) is 25.8 Å². The van der Waals surface area contributed by atoms with Gasteiger partial charge in [0.25, 0.3) is 0 Å². The highest BCUT2D eigenvalue weighted by Crippen LogP contribution is 2.54. The van der Waals surface area contributed by atoms with Gasteiger partial charge in [0.2, 0.25) is 0 Å². The molecule has 0 aromatic rings. The van der Waals surface area contributed by atoms with Gasteiger partial charge in [0.05, 0.1) is 6.61 Å². The van der Waals surface area contributed by atoms with Gasteiger partial charge in [-0.25, -0.2) is 0 Å². The summed E-state index contributed by atoms with van der Waals surface area (Å²) in [5.41, 5.74) is 0. The van der Waals surface area contributed by atoms with E-state index in [1.807, 2.05) is 0 Å². The van der Waals surface area contributed by atoms with Crippen LogP contribution in [-0.2, 0) is 9.53 Å². The lowest BCUT2D eigenvalue weighted by molar-refractivity contribution is -0.144. The van der Waals surface area contributed by atoms with Crippen LogP contribution in [0.25, 0.3) is 0 Å². The van der Waals surface area contributed by atoms with Gasteiger partial charge in [-0.2, -0.15) is 0 Å². The second-order valence-corrected chi connectivity index (χ2v) is 5.56. The number of hydrogen-bond acceptors (Lipinski definition) is 6. The molecule has 6 heteroatoms. The lowest BCUT2D eigenvalue weighted by Crippen LogP contribution is -2.38. The maximum absolute atomic E-state index is 11.1. The summed E-state index contributed by atoms with van der Waals surface area (Å²) in [6.45, 7) is 2.18. The van der Waals surface area contributed by atoms with E-state index < -0.39 is 4.08 Å². The fraction of sp³-hybridized carbons (Fsp3) is 0.875. The third-order valence-corrected chi connectivity index (χ3v) is 4.07. The summed E-state index contributed by atoms with van der Waals surface area (Å²) < 4.78 is 22.1. The van der Waals surface area contributed by atoms with E-state index in [-0.39, 0.29) is 11.9 Å². The summed E-state index contributed by atoms with van der Waals surface area (Å²) in [7, 11) is 0. The Kier molecular flexibility index (Phi) is 4.56. The summed E-state index contributed by atoms with van der Waals surface area (Å²) >= 11 is 1.33. The van der Waals surface area contributed by atoms with E-state index in [1.165, 1.54) is 0 Å². The Morgan fingerprint density at radius 3 is 2.50 bits per heavy atom. The number of carbonyl (C=O) groups is 1. The Bertz CT molecular complexity index is 198. The molecule has 1 fully saturated rings. The molecule has 0 unspecified atom stereocenters. The summed E-state index contributed by atoms with van der Waals surface area (Å²) in [5, 5.41) is 0. The third-order valence-electron chi connectivity index (χ3n) is 2.29. The second kappa shape index (κ2) is 5.25. The Morgan fingerprint density at radius 1 is 1.50 bits per heavy atom. The molecular weight excluding hydrogens is 224 g/mol. The van der Waals surface area contributed by atoms with Gasteiger partial charge < -0.3 is 13.8 Å². The topological polar surface area (TPSA) is 66.8 Å². The molecule has 1 aliphatic rings. The Hall–Kier alpha value is 0.0900. The molecule has 0 atom stereocenters. The molecule has 0 aromatic carbocycles. The molecule has 0 aliphatic heterocycles. The molecule has 0 bridgehead atoms. The van der Waals surface area contributed by atoms with E-state index >= 15 is 0 Å².